The lowest BCUT2D eigenvalue weighted by Crippen LogP contribution is -2.41. The number of aromatic nitrogens is 2. The molecule has 1 atom stereocenters. The summed E-state index contributed by atoms with van der Waals surface area (Å²) in [6.45, 7) is 1.94. The molecule has 0 saturated carbocycles. The van der Waals surface area contributed by atoms with Gasteiger partial charge in [0, 0.05) is 5.39 Å². The Morgan fingerprint density at radius 1 is 1.32 bits per heavy atom. The van der Waals surface area contributed by atoms with Crippen LogP contribution in [0.2, 0.25) is 0 Å². The SMILES string of the molecule is CCCC[C@H](NC(=O)c1n[nH]c(=O)c2ccccc12)C(=O)O. The van der Waals surface area contributed by atoms with Crippen LogP contribution >= 0.6 is 0 Å². The highest BCUT2D eigenvalue weighted by Crippen LogP contribution is 2.12. The third-order valence-corrected chi connectivity index (χ3v) is 3.36. The van der Waals surface area contributed by atoms with Crippen LogP contribution in [0.1, 0.15) is 36.7 Å². The van der Waals surface area contributed by atoms with Gasteiger partial charge in [0.05, 0.1) is 5.39 Å². The summed E-state index contributed by atoms with van der Waals surface area (Å²) < 4.78 is 0. The smallest absolute Gasteiger partial charge is 0.326 e. The fourth-order valence-electron chi connectivity index (χ4n) is 2.18. The van der Waals surface area contributed by atoms with Crippen molar-refractivity contribution in [2.45, 2.75) is 32.2 Å². The van der Waals surface area contributed by atoms with Crippen LogP contribution in [0.15, 0.2) is 29.1 Å². The van der Waals surface area contributed by atoms with E-state index in [1.54, 1.807) is 24.3 Å². The van der Waals surface area contributed by atoms with E-state index in [1.807, 2.05) is 6.92 Å². The second-order valence-electron chi connectivity index (χ2n) is 4.95. The molecule has 1 aromatic carbocycles. The third kappa shape index (κ3) is 3.30. The maximum atomic E-state index is 12.3. The van der Waals surface area contributed by atoms with E-state index in [0.29, 0.717) is 23.6 Å². The summed E-state index contributed by atoms with van der Waals surface area (Å²) in [7, 11) is 0. The molecule has 0 bridgehead atoms. The fraction of sp³-hybridized carbons (Fsp3) is 0.333. The van der Waals surface area contributed by atoms with Gasteiger partial charge in [-0.2, -0.15) is 5.10 Å². The highest BCUT2D eigenvalue weighted by atomic mass is 16.4. The number of nitrogens with one attached hydrogen (secondary N) is 2. The van der Waals surface area contributed by atoms with Crippen molar-refractivity contribution in [3.8, 4) is 0 Å². The van der Waals surface area contributed by atoms with Crippen molar-refractivity contribution >= 4 is 22.6 Å². The van der Waals surface area contributed by atoms with Gasteiger partial charge in [-0.25, -0.2) is 9.89 Å². The van der Waals surface area contributed by atoms with E-state index >= 15 is 0 Å². The predicted molar refractivity (Wildman–Crippen MR) is 80.8 cm³/mol. The zero-order valence-electron chi connectivity index (χ0n) is 12.1. The minimum absolute atomic E-state index is 0.0120. The minimum atomic E-state index is -1.09. The number of hydrogen-bond donors (Lipinski definition) is 3. The van der Waals surface area contributed by atoms with Gasteiger partial charge in [0.25, 0.3) is 11.5 Å². The first-order valence-electron chi connectivity index (χ1n) is 7.05. The van der Waals surface area contributed by atoms with Gasteiger partial charge in [0.2, 0.25) is 0 Å². The molecule has 0 aliphatic heterocycles. The molecule has 0 unspecified atom stereocenters. The number of amides is 1. The number of aliphatic carboxylic acids is 1. The molecule has 116 valence electrons. The lowest BCUT2D eigenvalue weighted by Gasteiger charge is -2.14. The Hall–Kier alpha value is -2.70. The topological polar surface area (TPSA) is 112 Å². The van der Waals surface area contributed by atoms with E-state index in [2.05, 4.69) is 15.5 Å². The molecule has 2 aromatic rings. The van der Waals surface area contributed by atoms with E-state index < -0.39 is 23.5 Å². The Morgan fingerprint density at radius 2 is 2.00 bits per heavy atom. The molecule has 22 heavy (non-hydrogen) atoms. The largest absolute Gasteiger partial charge is 0.480 e. The first-order chi connectivity index (χ1) is 10.5. The van der Waals surface area contributed by atoms with Crippen LogP contribution in [0.4, 0.5) is 0 Å². The van der Waals surface area contributed by atoms with Gasteiger partial charge in [-0.05, 0) is 12.5 Å². The Bertz CT molecular complexity index is 754. The third-order valence-electron chi connectivity index (χ3n) is 3.36. The number of unbranched alkanes of at least 4 members (excludes halogenated alkanes) is 1. The number of nitrogens with zero attached hydrogens (tertiary/aromatic N) is 1. The Labute approximate surface area is 126 Å². The lowest BCUT2D eigenvalue weighted by molar-refractivity contribution is -0.139. The summed E-state index contributed by atoms with van der Waals surface area (Å²) >= 11 is 0. The van der Waals surface area contributed by atoms with Gasteiger partial charge in [-0.15, -0.1) is 0 Å². The predicted octanol–water partition coefficient (Wildman–Crippen LogP) is 1.30. The van der Waals surface area contributed by atoms with Crippen LogP contribution in [-0.4, -0.2) is 33.2 Å². The zero-order valence-corrected chi connectivity index (χ0v) is 12.1. The molecule has 1 aromatic heterocycles. The molecule has 7 heteroatoms. The number of hydrogen-bond acceptors (Lipinski definition) is 4. The number of rotatable bonds is 6. The van der Waals surface area contributed by atoms with Gasteiger partial charge in [0.15, 0.2) is 5.69 Å². The molecule has 0 fully saturated rings. The van der Waals surface area contributed by atoms with Crippen LogP contribution in [0.25, 0.3) is 10.8 Å². The molecule has 0 aliphatic rings. The van der Waals surface area contributed by atoms with E-state index in [4.69, 9.17) is 5.11 Å². The molecule has 0 aliphatic carbocycles. The summed E-state index contributed by atoms with van der Waals surface area (Å²) in [5, 5.41) is 18.4. The van der Waals surface area contributed by atoms with Crippen molar-refractivity contribution in [3.63, 3.8) is 0 Å². The molecule has 1 amide bonds. The molecule has 0 spiro atoms. The van der Waals surface area contributed by atoms with Crippen molar-refractivity contribution in [1.29, 1.82) is 0 Å². The van der Waals surface area contributed by atoms with E-state index in [1.165, 1.54) is 0 Å². The molecule has 3 N–H and O–H groups in total. The average molecular weight is 303 g/mol. The number of H-pyrrole nitrogens is 1. The van der Waals surface area contributed by atoms with Crippen LogP contribution in [0.3, 0.4) is 0 Å². The summed E-state index contributed by atoms with van der Waals surface area (Å²) in [5.74, 6) is -1.70. The first kappa shape index (κ1) is 15.7. The number of carbonyl (C=O) groups excluding carboxylic acids is 1. The Kier molecular flexibility index (Phi) is 4.88. The quantitative estimate of drug-likeness (QED) is 0.744. The van der Waals surface area contributed by atoms with E-state index in [0.717, 1.165) is 6.42 Å². The van der Waals surface area contributed by atoms with Crippen molar-refractivity contribution in [2.24, 2.45) is 0 Å². The second kappa shape index (κ2) is 6.84. The molecule has 1 heterocycles. The van der Waals surface area contributed by atoms with Crippen LogP contribution in [-0.2, 0) is 4.79 Å². The van der Waals surface area contributed by atoms with E-state index in [9.17, 15) is 14.4 Å². The number of carboxylic acids is 1. The van der Waals surface area contributed by atoms with Crippen molar-refractivity contribution in [2.75, 3.05) is 0 Å². The highest BCUT2D eigenvalue weighted by molar-refractivity contribution is 6.05. The summed E-state index contributed by atoms with van der Waals surface area (Å²) in [6, 6.07) is 5.58. The molecule has 0 saturated heterocycles. The average Bonchev–Trinajstić information content (AvgIpc) is 2.51. The number of aromatic amines is 1. The highest BCUT2D eigenvalue weighted by Gasteiger charge is 2.22. The summed E-state index contributed by atoms with van der Waals surface area (Å²) in [5.41, 5.74) is -0.383. The van der Waals surface area contributed by atoms with E-state index in [-0.39, 0.29) is 5.69 Å². The van der Waals surface area contributed by atoms with Gasteiger partial charge < -0.3 is 10.4 Å². The number of carboxylic acid groups (broad SMARTS) is 1. The second-order valence-corrected chi connectivity index (χ2v) is 4.95. The first-order valence-corrected chi connectivity index (χ1v) is 7.05. The number of benzene rings is 1. The molecule has 2 rings (SSSR count). The minimum Gasteiger partial charge on any atom is -0.480 e. The Morgan fingerprint density at radius 3 is 2.64 bits per heavy atom. The molecular weight excluding hydrogens is 286 g/mol. The lowest BCUT2D eigenvalue weighted by atomic mass is 10.1. The van der Waals surface area contributed by atoms with Gasteiger partial charge >= 0.3 is 5.97 Å². The van der Waals surface area contributed by atoms with Crippen LogP contribution < -0.4 is 10.9 Å². The zero-order chi connectivity index (χ0) is 16.1. The number of carbonyl (C=O) groups is 2. The van der Waals surface area contributed by atoms with Crippen LogP contribution in [0.5, 0.6) is 0 Å². The maximum Gasteiger partial charge on any atom is 0.326 e. The van der Waals surface area contributed by atoms with Crippen molar-refractivity contribution in [3.05, 3.63) is 40.3 Å². The van der Waals surface area contributed by atoms with Crippen molar-refractivity contribution in [1.82, 2.24) is 15.5 Å². The molecule has 7 nitrogen and oxygen atoms in total. The molecular formula is C15H17N3O4. The van der Waals surface area contributed by atoms with Gasteiger partial charge in [-0.3, -0.25) is 9.59 Å². The summed E-state index contributed by atoms with van der Waals surface area (Å²) in [6.07, 6.45) is 1.87. The van der Waals surface area contributed by atoms with Crippen LogP contribution in [0, 0.1) is 0 Å². The van der Waals surface area contributed by atoms with Crippen molar-refractivity contribution < 1.29 is 14.7 Å². The Balaban J connectivity index is 2.31. The fourth-order valence-corrected chi connectivity index (χ4v) is 2.18. The molecule has 0 radical (unpaired) electrons. The monoisotopic (exact) mass is 303 g/mol. The number of fused-ring (bicyclic) bond motifs is 1. The maximum absolute atomic E-state index is 12.3. The van der Waals surface area contributed by atoms with Gasteiger partial charge in [0.1, 0.15) is 6.04 Å². The standard InChI is InChI=1S/C15H17N3O4/c1-2-3-8-11(15(21)22)16-14(20)12-9-6-4-5-7-10(9)13(19)18-17-12/h4-7,11H,2-3,8H2,1H3,(H,16,20)(H,18,19)(H,21,22)/t11-/m0/s1. The normalized spacial score (nSPS) is 12.0. The van der Waals surface area contributed by atoms with Gasteiger partial charge in [-0.1, -0.05) is 38.0 Å². The summed E-state index contributed by atoms with van der Waals surface area (Å²) in [4.78, 5) is 35.2.